The molecule has 0 bridgehead atoms. The fourth-order valence-corrected chi connectivity index (χ4v) is 4.15. The van der Waals surface area contributed by atoms with Crippen LogP contribution in [-0.2, 0) is 9.59 Å². The van der Waals surface area contributed by atoms with Crippen molar-refractivity contribution in [1.29, 1.82) is 0 Å². The van der Waals surface area contributed by atoms with Gasteiger partial charge in [-0.25, -0.2) is 9.88 Å². The molecule has 23 heavy (non-hydrogen) atoms. The molecule has 1 aromatic heterocycles. The first kappa shape index (κ1) is 14.4. The normalized spacial score (nSPS) is 18.0. The Balaban J connectivity index is 1.72. The summed E-state index contributed by atoms with van der Waals surface area (Å²) in [5.41, 5.74) is 2.16. The predicted molar refractivity (Wildman–Crippen MR) is 88.8 cm³/mol. The van der Waals surface area contributed by atoms with Crippen molar-refractivity contribution in [3.63, 3.8) is 0 Å². The molecule has 2 aliphatic rings. The highest BCUT2D eigenvalue weighted by molar-refractivity contribution is 7.22. The zero-order valence-electron chi connectivity index (χ0n) is 12.8. The second-order valence-corrected chi connectivity index (χ2v) is 6.68. The lowest BCUT2D eigenvalue weighted by molar-refractivity contribution is -0.120. The van der Waals surface area contributed by atoms with Gasteiger partial charge in [-0.1, -0.05) is 11.3 Å². The van der Waals surface area contributed by atoms with E-state index < -0.39 is 0 Å². The Morgan fingerprint density at radius 1 is 1.17 bits per heavy atom. The molecule has 118 valence electrons. The van der Waals surface area contributed by atoms with Crippen LogP contribution in [0.4, 0.5) is 5.13 Å². The van der Waals surface area contributed by atoms with Crippen LogP contribution in [-0.4, -0.2) is 23.4 Å². The Bertz CT molecular complexity index is 825. The number of anilines is 1. The molecule has 2 amide bonds. The number of imide groups is 1. The lowest BCUT2D eigenvalue weighted by Gasteiger charge is -2.10. The molecular weight excluding hydrogens is 312 g/mol. The minimum Gasteiger partial charge on any atom is -0.494 e. The molecule has 2 heterocycles. The fourth-order valence-electron chi connectivity index (χ4n) is 3.16. The standard InChI is InChI=1S/C17H16N2O3S/c1-2-22-10-7-8-13-14(9-10)23-17(18-13)19-15(20)11-5-3-4-6-12(11)16(19)21/h7-9H,2-6H2,1H3. The van der Waals surface area contributed by atoms with Crippen molar-refractivity contribution in [3.8, 4) is 5.75 Å². The number of carbonyl (C=O) groups excluding carboxylic acids is 2. The number of fused-ring (bicyclic) bond motifs is 1. The van der Waals surface area contributed by atoms with Crippen LogP contribution in [0.25, 0.3) is 10.2 Å². The molecule has 1 aromatic carbocycles. The molecule has 4 rings (SSSR count). The monoisotopic (exact) mass is 328 g/mol. The van der Waals surface area contributed by atoms with E-state index in [9.17, 15) is 9.59 Å². The Morgan fingerprint density at radius 2 is 1.87 bits per heavy atom. The second kappa shape index (κ2) is 5.45. The second-order valence-electron chi connectivity index (χ2n) is 5.67. The number of carbonyl (C=O) groups is 2. The molecule has 0 fully saturated rings. The van der Waals surface area contributed by atoms with Gasteiger partial charge in [0.05, 0.1) is 16.8 Å². The van der Waals surface area contributed by atoms with Gasteiger partial charge in [-0.05, 0) is 50.8 Å². The van der Waals surface area contributed by atoms with E-state index in [0.29, 0.717) is 35.7 Å². The number of aromatic nitrogens is 1. The molecule has 6 heteroatoms. The quantitative estimate of drug-likeness (QED) is 0.810. The molecule has 2 aromatic rings. The number of hydrogen-bond acceptors (Lipinski definition) is 5. The average molecular weight is 328 g/mol. The third-order valence-electron chi connectivity index (χ3n) is 4.24. The van der Waals surface area contributed by atoms with Gasteiger partial charge in [0.15, 0.2) is 0 Å². The molecule has 0 atom stereocenters. The van der Waals surface area contributed by atoms with Gasteiger partial charge in [0.1, 0.15) is 5.75 Å². The van der Waals surface area contributed by atoms with Gasteiger partial charge in [-0.2, -0.15) is 0 Å². The Labute approximate surface area is 137 Å². The maximum atomic E-state index is 12.6. The molecule has 0 spiro atoms. The highest BCUT2D eigenvalue weighted by Gasteiger charge is 2.41. The van der Waals surface area contributed by atoms with Crippen molar-refractivity contribution in [3.05, 3.63) is 29.3 Å². The third-order valence-corrected chi connectivity index (χ3v) is 5.24. The summed E-state index contributed by atoms with van der Waals surface area (Å²) in [7, 11) is 0. The SMILES string of the molecule is CCOc1ccc2nc(N3C(=O)C4=C(CCCC4)C3=O)sc2c1. The van der Waals surface area contributed by atoms with Crippen LogP contribution in [0.2, 0.25) is 0 Å². The first-order valence-electron chi connectivity index (χ1n) is 7.83. The van der Waals surface area contributed by atoms with Gasteiger partial charge in [-0.15, -0.1) is 0 Å². The van der Waals surface area contributed by atoms with E-state index >= 15 is 0 Å². The lowest BCUT2D eigenvalue weighted by atomic mass is 9.93. The minimum absolute atomic E-state index is 0.186. The van der Waals surface area contributed by atoms with Gasteiger partial charge in [-0.3, -0.25) is 9.59 Å². The molecule has 1 aliphatic carbocycles. The van der Waals surface area contributed by atoms with E-state index in [1.54, 1.807) is 0 Å². The van der Waals surface area contributed by atoms with Crippen LogP contribution >= 0.6 is 11.3 Å². The molecule has 0 N–H and O–H groups in total. The number of rotatable bonds is 3. The van der Waals surface area contributed by atoms with E-state index in [1.807, 2.05) is 25.1 Å². The smallest absolute Gasteiger partial charge is 0.263 e. The van der Waals surface area contributed by atoms with Crippen LogP contribution in [0, 0.1) is 0 Å². The summed E-state index contributed by atoms with van der Waals surface area (Å²) in [6.07, 6.45) is 3.36. The molecule has 0 saturated heterocycles. The van der Waals surface area contributed by atoms with Crippen molar-refractivity contribution in [2.45, 2.75) is 32.6 Å². The summed E-state index contributed by atoms with van der Waals surface area (Å²) in [6, 6.07) is 5.61. The zero-order valence-corrected chi connectivity index (χ0v) is 13.6. The zero-order chi connectivity index (χ0) is 16.0. The highest BCUT2D eigenvalue weighted by atomic mass is 32.1. The van der Waals surface area contributed by atoms with Crippen molar-refractivity contribution in [1.82, 2.24) is 4.98 Å². The van der Waals surface area contributed by atoms with E-state index in [-0.39, 0.29) is 11.8 Å². The van der Waals surface area contributed by atoms with E-state index in [2.05, 4.69) is 4.98 Å². The molecular formula is C17H16N2O3S. The summed E-state index contributed by atoms with van der Waals surface area (Å²) < 4.78 is 6.40. The van der Waals surface area contributed by atoms with Gasteiger partial charge < -0.3 is 4.74 Å². The van der Waals surface area contributed by atoms with Gasteiger partial charge in [0, 0.05) is 11.1 Å². The first-order chi connectivity index (χ1) is 11.2. The maximum absolute atomic E-state index is 12.6. The molecule has 0 radical (unpaired) electrons. The number of benzene rings is 1. The van der Waals surface area contributed by atoms with E-state index in [4.69, 9.17) is 4.74 Å². The highest BCUT2D eigenvalue weighted by Crippen LogP contribution is 2.39. The first-order valence-corrected chi connectivity index (χ1v) is 8.65. The number of thiazole rings is 1. The lowest BCUT2D eigenvalue weighted by Crippen LogP contribution is -2.31. The summed E-state index contributed by atoms with van der Waals surface area (Å²) in [6.45, 7) is 2.52. The number of amides is 2. The number of ether oxygens (including phenoxy) is 1. The van der Waals surface area contributed by atoms with Crippen LogP contribution in [0.1, 0.15) is 32.6 Å². The van der Waals surface area contributed by atoms with Crippen molar-refractivity contribution in [2.75, 3.05) is 11.5 Å². The van der Waals surface area contributed by atoms with Gasteiger partial charge in [0.2, 0.25) is 5.13 Å². The molecule has 0 saturated carbocycles. The minimum atomic E-state index is -0.186. The van der Waals surface area contributed by atoms with Crippen LogP contribution in [0.3, 0.4) is 0 Å². The van der Waals surface area contributed by atoms with Crippen LogP contribution < -0.4 is 9.64 Å². The number of nitrogens with zero attached hydrogens (tertiary/aromatic N) is 2. The predicted octanol–water partition coefficient (Wildman–Crippen LogP) is 3.44. The van der Waals surface area contributed by atoms with E-state index in [1.165, 1.54) is 16.2 Å². The molecule has 0 unspecified atom stereocenters. The third kappa shape index (κ3) is 2.25. The largest absolute Gasteiger partial charge is 0.494 e. The summed E-state index contributed by atoms with van der Waals surface area (Å²) in [5.74, 6) is 0.397. The van der Waals surface area contributed by atoms with Crippen LogP contribution in [0.5, 0.6) is 5.75 Å². The Morgan fingerprint density at radius 3 is 2.52 bits per heavy atom. The fraction of sp³-hybridized carbons (Fsp3) is 0.353. The van der Waals surface area contributed by atoms with Gasteiger partial charge >= 0.3 is 0 Å². The van der Waals surface area contributed by atoms with Crippen molar-refractivity contribution >= 4 is 38.5 Å². The topological polar surface area (TPSA) is 59.5 Å². The molecule has 1 aliphatic heterocycles. The number of hydrogen-bond donors (Lipinski definition) is 0. The molecule has 5 nitrogen and oxygen atoms in total. The van der Waals surface area contributed by atoms with E-state index in [0.717, 1.165) is 28.8 Å². The average Bonchev–Trinajstić information content (AvgIpc) is 3.07. The summed E-state index contributed by atoms with van der Waals surface area (Å²) in [4.78, 5) is 30.9. The van der Waals surface area contributed by atoms with Crippen LogP contribution in [0.15, 0.2) is 29.3 Å². The Hall–Kier alpha value is -2.21. The van der Waals surface area contributed by atoms with Crippen molar-refractivity contribution < 1.29 is 14.3 Å². The summed E-state index contributed by atoms with van der Waals surface area (Å²) >= 11 is 1.35. The van der Waals surface area contributed by atoms with Crippen molar-refractivity contribution in [2.24, 2.45) is 0 Å². The summed E-state index contributed by atoms with van der Waals surface area (Å²) in [5, 5.41) is 0.457. The maximum Gasteiger partial charge on any atom is 0.263 e. The van der Waals surface area contributed by atoms with Gasteiger partial charge in [0.25, 0.3) is 11.8 Å². The Kier molecular flexibility index (Phi) is 3.41.